The van der Waals surface area contributed by atoms with Gasteiger partial charge in [-0.05, 0) is 45.4 Å². The van der Waals surface area contributed by atoms with E-state index in [1.807, 2.05) is 25.7 Å². The summed E-state index contributed by atoms with van der Waals surface area (Å²) >= 11 is 0. The minimum absolute atomic E-state index is 0.171. The Morgan fingerprint density at radius 1 is 1.25 bits per heavy atom. The first-order chi connectivity index (χ1) is 7.35. The van der Waals surface area contributed by atoms with Crippen LogP contribution in [0.4, 0.5) is 4.79 Å². The number of fused-ring (bicyclic) bond motifs is 1. The van der Waals surface area contributed by atoms with Crippen molar-refractivity contribution >= 4 is 6.09 Å². The third-order valence-electron chi connectivity index (χ3n) is 3.44. The zero-order valence-corrected chi connectivity index (χ0v) is 10.4. The van der Waals surface area contributed by atoms with Crippen LogP contribution in [-0.2, 0) is 4.74 Å². The van der Waals surface area contributed by atoms with Gasteiger partial charge in [0.1, 0.15) is 5.60 Å². The summed E-state index contributed by atoms with van der Waals surface area (Å²) in [5, 5.41) is 0. The van der Waals surface area contributed by atoms with E-state index in [0.29, 0.717) is 17.9 Å². The topological polar surface area (TPSA) is 55.6 Å². The van der Waals surface area contributed by atoms with Crippen molar-refractivity contribution in [2.75, 3.05) is 13.1 Å². The molecule has 0 aromatic heterocycles. The lowest BCUT2D eigenvalue weighted by atomic mass is 10.0. The van der Waals surface area contributed by atoms with E-state index in [9.17, 15) is 4.79 Å². The first-order valence-corrected chi connectivity index (χ1v) is 6.08. The molecule has 1 saturated heterocycles. The van der Waals surface area contributed by atoms with Crippen LogP contribution in [0, 0.1) is 11.8 Å². The summed E-state index contributed by atoms with van der Waals surface area (Å²) in [4.78, 5) is 13.7. The highest BCUT2D eigenvalue weighted by Crippen LogP contribution is 2.37. The fourth-order valence-electron chi connectivity index (χ4n) is 2.82. The van der Waals surface area contributed by atoms with Gasteiger partial charge >= 0.3 is 6.09 Å². The van der Waals surface area contributed by atoms with Crippen LogP contribution in [0.2, 0.25) is 0 Å². The molecule has 2 rings (SSSR count). The number of hydrogen-bond acceptors (Lipinski definition) is 3. The van der Waals surface area contributed by atoms with Crippen LogP contribution in [-0.4, -0.2) is 35.7 Å². The Morgan fingerprint density at radius 3 is 2.19 bits per heavy atom. The van der Waals surface area contributed by atoms with E-state index in [1.54, 1.807) is 0 Å². The van der Waals surface area contributed by atoms with Crippen molar-refractivity contribution in [3.63, 3.8) is 0 Å². The Hall–Kier alpha value is -0.770. The quantitative estimate of drug-likeness (QED) is 0.682. The van der Waals surface area contributed by atoms with Crippen molar-refractivity contribution in [2.24, 2.45) is 17.6 Å². The normalized spacial score (nSPS) is 34.0. The third kappa shape index (κ3) is 2.48. The largest absolute Gasteiger partial charge is 0.444 e. The van der Waals surface area contributed by atoms with Crippen LogP contribution in [0.25, 0.3) is 0 Å². The van der Waals surface area contributed by atoms with Crippen LogP contribution < -0.4 is 5.73 Å². The van der Waals surface area contributed by atoms with Crippen molar-refractivity contribution in [3.8, 4) is 0 Å². The second-order valence-corrected chi connectivity index (χ2v) is 6.14. The van der Waals surface area contributed by atoms with E-state index in [1.165, 1.54) is 0 Å². The Labute approximate surface area is 97.1 Å². The predicted octanol–water partition coefficient (Wildman–Crippen LogP) is 1.59. The second kappa shape index (κ2) is 3.91. The van der Waals surface area contributed by atoms with Crippen LogP contribution in [0.15, 0.2) is 0 Å². The Balaban J connectivity index is 1.88. The highest BCUT2D eigenvalue weighted by atomic mass is 16.6. The van der Waals surface area contributed by atoms with Crippen molar-refractivity contribution in [3.05, 3.63) is 0 Å². The average Bonchev–Trinajstić information content (AvgIpc) is 2.56. The summed E-state index contributed by atoms with van der Waals surface area (Å²) in [6, 6.07) is 0.343. The summed E-state index contributed by atoms with van der Waals surface area (Å²) < 4.78 is 5.37. The fourth-order valence-corrected chi connectivity index (χ4v) is 2.82. The van der Waals surface area contributed by atoms with Crippen molar-refractivity contribution < 1.29 is 9.53 Å². The van der Waals surface area contributed by atoms with Gasteiger partial charge in [0.2, 0.25) is 0 Å². The molecule has 16 heavy (non-hydrogen) atoms. The number of nitrogens with two attached hydrogens (primary N) is 1. The van der Waals surface area contributed by atoms with Crippen molar-refractivity contribution in [2.45, 2.75) is 45.3 Å². The summed E-state index contributed by atoms with van der Waals surface area (Å²) in [5.74, 6) is 1.20. The van der Waals surface area contributed by atoms with E-state index in [-0.39, 0.29) is 6.09 Å². The SMILES string of the molecule is CC(C)(C)OC(=O)N1CC2C[C@@H](N)C[C@@H]2C1. The van der Waals surface area contributed by atoms with Gasteiger partial charge in [-0.1, -0.05) is 0 Å². The molecule has 1 aliphatic carbocycles. The fraction of sp³-hybridized carbons (Fsp3) is 0.917. The maximum atomic E-state index is 11.8. The molecule has 0 spiro atoms. The van der Waals surface area contributed by atoms with Gasteiger partial charge in [-0.3, -0.25) is 0 Å². The lowest BCUT2D eigenvalue weighted by Crippen LogP contribution is -2.36. The molecule has 0 aromatic carbocycles. The first kappa shape index (κ1) is 11.7. The lowest BCUT2D eigenvalue weighted by molar-refractivity contribution is 0.0279. The number of hydrogen-bond donors (Lipinski definition) is 1. The van der Waals surface area contributed by atoms with Gasteiger partial charge in [-0.15, -0.1) is 0 Å². The molecular formula is C12H22N2O2. The number of nitrogens with zero attached hydrogens (tertiary/aromatic N) is 1. The number of carbonyl (C=O) groups is 1. The zero-order chi connectivity index (χ0) is 11.9. The smallest absolute Gasteiger partial charge is 0.410 e. The van der Waals surface area contributed by atoms with Crippen LogP contribution >= 0.6 is 0 Å². The Bertz CT molecular complexity index is 271. The molecule has 0 aromatic rings. The lowest BCUT2D eigenvalue weighted by Gasteiger charge is -2.25. The number of likely N-dealkylation sites (tertiary alicyclic amines) is 1. The molecular weight excluding hydrogens is 204 g/mol. The van der Waals surface area contributed by atoms with E-state index < -0.39 is 5.60 Å². The number of amides is 1. The summed E-state index contributed by atoms with van der Waals surface area (Å²) in [6.45, 7) is 7.35. The highest BCUT2D eigenvalue weighted by molar-refractivity contribution is 5.68. The molecule has 1 saturated carbocycles. The Kier molecular flexibility index (Phi) is 2.86. The molecule has 1 amide bonds. The van der Waals surface area contributed by atoms with E-state index in [2.05, 4.69) is 0 Å². The molecule has 2 N–H and O–H groups in total. The van der Waals surface area contributed by atoms with E-state index >= 15 is 0 Å². The monoisotopic (exact) mass is 226 g/mol. The van der Waals surface area contributed by atoms with Gasteiger partial charge in [0.25, 0.3) is 0 Å². The molecule has 3 atom stereocenters. The predicted molar refractivity (Wildman–Crippen MR) is 62.0 cm³/mol. The molecule has 4 heteroatoms. The second-order valence-electron chi connectivity index (χ2n) is 6.14. The van der Waals surface area contributed by atoms with E-state index in [0.717, 1.165) is 25.9 Å². The molecule has 4 nitrogen and oxygen atoms in total. The number of carbonyl (C=O) groups excluding carboxylic acids is 1. The molecule has 92 valence electrons. The molecule has 2 aliphatic rings. The zero-order valence-electron chi connectivity index (χ0n) is 10.4. The molecule has 0 bridgehead atoms. The van der Waals surface area contributed by atoms with Crippen LogP contribution in [0.5, 0.6) is 0 Å². The molecule has 1 heterocycles. The number of rotatable bonds is 0. The average molecular weight is 226 g/mol. The molecule has 0 radical (unpaired) electrons. The van der Waals surface area contributed by atoms with Gasteiger partial charge in [0.15, 0.2) is 0 Å². The van der Waals surface area contributed by atoms with Crippen molar-refractivity contribution in [1.82, 2.24) is 4.90 Å². The third-order valence-corrected chi connectivity index (χ3v) is 3.44. The molecule has 2 fully saturated rings. The maximum Gasteiger partial charge on any atom is 0.410 e. The van der Waals surface area contributed by atoms with Gasteiger partial charge in [0, 0.05) is 19.1 Å². The Morgan fingerprint density at radius 2 is 1.75 bits per heavy atom. The van der Waals surface area contributed by atoms with Gasteiger partial charge in [-0.25, -0.2) is 4.79 Å². The minimum atomic E-state index is -0.398. The maximum absolute atomic E-state index is 11.8. The van der Waals surface area contributed by atoms with Gasteiger partial charge < -0.3 is 15.4 Å². The van der Waals surface area contributed by atoms with Crippen LogP contribution in [0.3, 0.4) is 0 Å². The molecule has 1 aliphatic heterocycles. The standard InChI is InChI=1S/C12H22N2O2/c1-12(2,3)16-11(15)14-6-8-4-10(13)5-9(8)7-14/h8-10H,4-7,13H2,1-3H3/t8-,9?,10+/m1/s1. The van der Waals surface area contributed by atoms with Gasteiger partial charge in [-0.2, -0.15) is 0 Å². The number of ether oxygens (including phenoxy) is 1. The first-order valence-electron chi connectivity index (χ1n) is 6.08. The van der Waals surface area contributed by atoms with Crippen molar-refractivity contribution in [1.29, 1.82) is 0 Å². The highest BCUT2D eigenvalue weighted by Gasteiger charge is 2.42. The summed E-state index contributed by atoms with van der Waals surface area (Å²) in [5.41, 5.74) is 5.52. The minimum Gasteiger partial charge on any atom is -0.444 e. The summed E-state index contributed by atoms with van der Waals surface area (Å²) in [6.07, 6.45) is 1.95. The summed E-state index contributed by atoms with van der Waals surface area (Å²) in [7, 11) is 0. The van der Waals surface area contributed by atoms with E-state index in [4.69, 9.17) is 10.5 Å². The molecule has 1 unspecified atom stereocenters. The van der Waals surface area contributed by atoms with Crippen LogP contribution in [0.1, 0.15) is 33.6 Å². The van der Waals surface area contributed by atoms with Gasteiger partial charge in [0.05, 0.1) is 0 Å².